The number of rotatable bonds is 9. The molecule has 3 aromatic rings. The van der Waals surface area contributed by atoms with Crippen LogP contribution in [0.25, 0.3) is 10.2 Å². The summed E-state index contributed by atoms with van der Waals surface area (Å²) in [5.41, 5.74) is 13.9. The third-order valence-corrected chi connectivity index (χ3v) is 7.57. The predicted molar refractivity (Wildman–Crippen MR) is 138 cm³/mol. The highest BCUT2D eigenvalue weighted by molar-refractivity contribution is 7.21. The van der Waals surface area contributed by atoms with Crippen LogP contribution in [0.4, 0.5) is 11.5 Å². The number of carboxylic acids is 1. The lowest BCUT2D eigenvalue weighted by molar-refractivity contribution is 0.0703. The fraction of sp³-hybridized carbons (Fsp3) is 0.400. The van der Waals surface area contributed by atoms with Gasteiger partial charge in [0.05, 0.1) is 11.8 Å². The van der Waals surface area contributed by atoms with Gasteiger partial charge < -0.3 is 31.9 Å². The fourth-order valence-corrected chi connectivity index (χ4v) is 5.53. The Morgan fingerprint density at radius 3 is 2.54 bits per heavy atom. The standard InChI is InChI=1S/C25H31N5O4S/c1-2-3-16-12-19(29-24-20(16)21(26)22(35-24)25(33)34)30-10-8-17(9-11-30)28-13-18(31)14-4-6-15(7-5-14)23(27)32/h4-7,12,17-18,28,31H,2-3,8-11,13,26H2,1H3,(H2,27,32)(H,33,34). The number of benzene rings is 1. The lowest BCUT2D eigenvalue weighted by Crippen LogP contribution is -2.44. The maximum atomic E-state index is 11.6. The first-order valence-corrected chi connectivity index (χ1v) is 12.6. The molecule has 9 nitrogen and oxygen atoms in total. The molecule has 35 heavy (non-hydrogen) atoms. The van der Waals surface area contributed by atoms with Crippen LogP contribution in [0.1, 0.15) is 63.4 Å². The summed E-state index contributed by atoms with van der Waals surface area (Å²) in [6, 6.07) is 9.00. The van der Waals surface area contributed by atoms with Gasteiger partial charge in [-0.15, -0.1) is 11.3 Å². The zero-order valence-corrected chi connectivity index (χ0v) is 20.5. The number of nitrogens with two attached hydrogens (primary N) is 2. The van der Waals surface area contributed by atoms with Crippen molar-refractivity contribution in [2.45, 2.75) is 44.8 Å². The number of amides is 1. The molecule has 3 heterocycles. The van der Waals surface area contributed by atoms with Crippen molar-refractivity contribution in [3.05, 3.63) is 51.9 Å². The number of carboxylic acid groups (broad SMARTS) is 1. The Kier molecular flexibility index (Phi) is 7.54. The van der Waals surface area contributed by atoms with Gasteiger partial charge in [0.1, 0.15) is 15.5 Å². The van der Waals surface area contributed by atoms with E-state index in [1.54, 1.807) is 24.3 Å². The number of piperidine rings is 1. The molecule has 1 amide bonds. The fourth-order valence-electron chi connectivity index (χ4n) is 4.55. The van der Waals surface area contributed by atoms with Gasteiger partial charge in [-0.05, 0) is 48.6 Å². The first-order chi connectivity index (χ1) is 16.8. The van der Waals surface area contributed by atoms with Gasteiger partial charge in [0.15, 0.2) is 0 Å². The van der Waals surface area contributed by atoms with E-state index in [-0.39, 0.29) is 10.9 Å². The average molecular weight is 498 g/mol. The summed E-state index contributed by atoms with van der Waals surface area (Å²) in [5, 5.41) is 24.2. The molecule has 1 saturated heterocycles. The topological polar surface area (TPSA) is 155 Å². The van der Waals surface area contributed by atoms with Gasteiger partial charge in [-0.1, -0.05) is 25.5 Å². The summed E-state index contributed by atoms with van der Waals surface area (Å²) in [6.45, 7) is 4.11. The van der Waals surface area contributed by atoms with E-state index in [0.29, 0.717) is 22.6 Å². The van der Waals surface area contributed by atoms with E-state index in [2.05, 4.69) is 17.1 Å². The van der Waals surface area contributed by atoms with Crippen LogP contribution in [-0.4, -0.2) is 52.7 Å². The lowest BCUT2D eigenvalue weighted by atomic mass is 10.0. The Balaban J connectivity index is 1.39. The SMILES string of the molecule is CCCc1cc(N2CCC(NCC(O)c3ccc(C(N)=O)cc3)CC2)nc2sc(C(=O)O)c(N)c12. The van der Waals surface area contributed by atoms with Crippen molar-refractivity contribution in [3.63, 3.8) is 0 Å². The molecule has 1 unspecified atom stereocenters. The molecular weight excluding hydrogens is 466 g/mol. The molecule has 1 fully saturated rings. The molecule has 1 atom stereocenters. The number of aromatic carboxylic acids is 1. The number of nitrogens with one attached hydrogen (secondary N) is 1. The molecule has 7 N–H and O–H groups in total. The highest BCUT2D eigenvalue weighted by atomic mass is 32.1. The summed E-state index contributed by atoms with van der Waals surface area (Å²) < 4.78 is 0. The molecule has 0 radical (unpaired) electrons. The number of anilines is 2. The summed E-state index contributed by atoms with van der Waals surface area (Å²) in [6.07, 6.45) is 2.84. The van der Waals surface area contributed by atoms with Gasteiger partial charge in [0.2, 0.25) is 5.91 Å². The van der Waals surface area contributed by atoms with Gasteiger partial charge in [-0.3, -0.25) is 4.79 Å². The molecule has 1 aliphatic rings. The van der Waals surface area contributed by atoms with Crippen molar-refractivity contribution in [2.24, 2.45) is 5.73 Å². The van der Waals surface area contributed by atoms with Crippen molar-refractivity contribution in [1.82, 2.24) is 10.3 Å². The molecule has 0 bridgehead atoms. The molecule has 1 aromatic carbocycles. The molecule has 186 valence electrons. The highest BCUT2D eigenvalue weighted by Crippen LogP contribution is 2.37. The molecule has 4 rings (SSSR count). The Morgan fingerprint density at radius 2 is 1.94 bits per heavy atom. The number of thiophene rings is 1. The number of primary amides is 1. The number of aromatic nitrogens is 1. The number of hydrogen-bond acceptors (Lipinski definition) is 8. The van der Waals surface area contributed by atoms with Gasteiger partial charge in [0.25, 0.3) is 0 Å². The molecule has 10 heteroatoms. The van der Waals surface area contributed by atoms with Crippen molar-refractivity contribution in [3.8, 4) is 0 Å². The summed E-state index contributed by atoms with van der Waals surface area (Å²) in [4.78, 5) is 30.6. The average Bonchev–Trinajstić information content (AvgIpc) is 3.20. The summed E-state index contributed by atoms with van der Waals surface area (Å²) >= 11 is 1.13. The van der Waals surface area contributed by atoms with Gasteiger partial charge in [-0.2, -0.15) is 0 Å². The zero-order chi connectivity index (χ0) is 25.1. The maximum absolute atomic E-state index is 11.6. The van der Waals surface area contributed by atoms with E-state index in [1.165, 1.54) is 0 Å². The minimum Gasteiger partial charge on any atom is -0.477 e. The summed E-state index contributed by atoms with van der Waals surface area (Å²) in [5.74, 6) is -0.657. The maximum Gasteiger partial charge on any atom is 0.348 e. The van der Waals surface area contributed by atoms with Crippen molar-refractivity contribution in [1.29, 1.82) is 0 Å². The monoisotopic (exact) mass is 497 g/mol. The third-order valence-electron chi connectivity index (χ3n) is 6.48. The number of aryl methyl sites for hydroxylation is 1. The Hall–Kier alpha value is -3.21. The van der Waals surface area contributed by atoms with E-state index < -0.39 is 18.0 Å². The minimum atomic E-state index is -1.02. The van der Waals surface area contributed by atoms with Gasteiger partial charge in [-0.25, -0.2) is 9.78 Å². The molecule has 0 aliphatic carbocycles. The number of fused-ring (bicyclic) bond motifs is 1. The first kappa shape index (κ1) is 24.9. The Labute approximate surface area is 207 Å². The number of hydrogen-bond donors (Lipinski definition) is 5. The Bertz CT molecular complexity index is 1220. The van der Waals surface area contributed by atoms with E-state index in [9.17, 15) is 19.8 Å². The number of pyridine rings is 1. The molecule has 0 saturated carbocycles. The Morgan fingerprint density at radius 1 is 1.26 bits per heavy atom. The van der Waals surface area contributed by atoms with Crippen LogP contribution in [0, 0.1) is 0 Å². The van der Waals surface area contributed by atoms with Crippen LogP contribution < -0.4 is 21.7 Å². The van der Waals surface area contributed by atoms with Crippen LogP contribution in [0.15, 0.2) is 30.3 Å². The van der Waals surface area contributed by atoms with E-state index in [1.807, 2.05) is 6.07 Å². The number of carbonyl (C=O) groups is 2. The molecular formula is C25H31N5O4S. The van der Waals surface area contributed by atoms with Crippen molar-refractivity contribution in [2.75, 3.05) is 30.3 Å². The van der Waals surface area contributed by atoms with Crippen LogP contribution in [0.5, 0.6) is 0 Å². The minimum absolute atomic E-state index is 0.146. The number of aliphatic hydroxyl groups excluding tert-OH is 1. The molecule has 2 aromatic heterocycles. The number of nitrogens with zero attached hydrogens (tertiary/aromatic N) is 2. The van der Waals surface area contributed by atoms with E-state index in [0.717, 1.165) is 72.4 Å². The number of aliphatic hydroxyl groups is 1. The second-order valence-corrected chi connectivity index (χ2v) is 9.89. The predicted octanol–water partition coefficient (Wildman–Crippen LogP) is 2.92. The van der Waals surface area contributed by atoms with Crippen LogP contribution in [0.2, 0.25) is 0 Å². The van der Waals surface area contributed by atoms with E-state index in [4.69, 9.17) is 16.5 Å². The molecule has 0 spiro atoms. The number of carbonyl (C=O) groups excluding carboxylic acids is 1. The molecule has 1 aliphatic heterocycles. The van der Waals surface area contributed by atoms with Crippen molar-refractivity contribution < 1.29 is 19.8 Å². The highest BCUT2D eigenvalue weighted by Gasteiger charge is 2.24. The second kappa shape index (κ2) is 10.6. The smallest absolute Gasteiger partial charge is 0.348 e. The van der Waals surface area contributed by atoms with E-state index >= 15 is 0 Å². The lowest BCUT2D eigenvalue weighted by Gasteiger charge is -2.34. The zero-order valence-electron chi connectivity index (χ0n) is 19.7. The quantitative estimate of drug-likeness (QED) is 0.302. The second-order valence-electron chi connectivity index (χ2n) is 8.89. The van der Waals surface area contributed by atoms with Gasteiger partial charge in [0, 0.05) is 36.6 Å². The normalized spacial score (nSPS) is 15.4. The first-order valence-electron chi connectivity index (χ1n) is 11.8. The largest absolute Gasteiger partial charge is 0.477 e. The van der Waals surface area contributed by atoms with Crippen LogP contribution in [-0.2, 0) is 6.42 Å². The van der Waals surface area contributed by atoms with Crippen molar-refractivity contribution >= 4 is 44.9 Å². The van der Waals surface area contributed by atoms with Crippen LogP contribution >= 0.6 is 11.3 Å². The van der Waals surface area contributed by atoms with Gasteiger partial charge >= 0.3 is 5.97 Å². The van der Waals surface area contributed by atoms with Crippen LogP contribution in [0.3, 0.4) is 0 Å². The number of nitrogen functional groups attached to an aromatic ring is 1. The third kappa shape index (κ3) is 5.39. The summed E-state index contributed by atoms with van der Waals surface area (Å²) in [7, 11) is 0.